The minimum atomic E-state index is -0.0614. The molecule has 0 heterocycles. The quantitative estimate of drug-likeness (QED) is 0.597. The van der Waals surface area contributed by atoms with E-state index in [2.05, 4.69) is 13.8 Å². The lowest BCUT2D eigenvalue weighted by molar-refractivity contribution is -0.116. The highest BCUT2D eigenvalue weighted by Crippen LogP contribution is 2.10. The summed E-state index contributed by atoms with van der Waals surface area (Å²) in [6, 6.07) is 0. The van der Waals surface area contributed by atoms with Crippen LogP contribution in [0.2, 0.25) is 0 Å². The summed E-state index contributed by atoms with van der Waals surface area (Å²) >= 11 is 0. The first-order valence-electron chi connectivity index (χ1n) is 3.62. The minimum absolute atomic E-state index is 0.0255. The Morgan fingerprint density at radius 1 is 1.50 bits per heavy atom. The van der Waals surface area contributed by atoms with Crippen LogP contribution in [0, 0.1) is 17.2 Å². The average molecular weight is 141 g/mol. The van der Waals surface area contributed by atoms with Crippen molar-refractivity contribution < 1.29 is 4.79 Å². The number of hydrogen-bond donors (Lipinski definition) is 1. The molecule has 0 fully saturated rings. The van der Waals surface area contributed by atoms with Gasteiger partial charge < -0.3 is 5.41 Å². The molecule has 0 bridgehead atoms. The molecule has 0 amide bonds. The van der Waals surface area contributed by atoms with Crippen LogP contribution in [-0.4, -0.2) is 12.0 Å². The molecule has 0 aromatic heterocycles. The van der Waals surface area contributed by atoms with Gasteiger partial charge in [0.15, 0.2) is 5.78 Å². The van der Waals surface area contributed by atoms with Crippen molar-refractivity contribution >= 4 is 12.0 Å². The fourth-order valence-corrected chi connectivity index (χ4v) is 0.966. The molecular formula is C8H15NO. The van der Waals surface area contributed by atoms with E-state index >= 15 is 0 Å². The number of nitrogens with one attached hydrogen (secondary N) is 1. The maximum Gasteiger partial charge on any atom is 0.175 e. The highest BCUT2D eigenvalue weighted by atomic mass is 16.1. The second-order valence-corrected chi connectivity index (χ2v) is 3.08. The summed E-state index contributed by atoms with van der Waals surface area (Å²) < 4.78 is 0. The number of hydrogen-bond acceptors (Lipinski definition) is 2. The zero-order chi connectivity index (χ0) is 8.15. The largest absolute Gasteiger partial charge is 0.305 e. The second kappa shape index (κ2) is 4.20. The molecule has 0 spiro atoms. The normalized spacial score (nSPS) is 13.2. The van der Waals surface area contributed by atoms with Crippen molar-refractivity contribution in [1.82, 2.24) is 0 Å². The molecule has 0 aromatic carbocycles. The van der Waals surface area contributed by atoms with Crippen LogP contribution in [0.25, 0.3) is 0 Å². The lowest BCUT2D eigenvalue weighted by atomic mass is 9.96. The predicted molar refractivity (Wildman–Crippen MR) is 42.4 cm³/mol. The molecule has 0 saturated heterocycles. The van der Waals surface area contributed by atoms with Gasteiger partial charge in [-0.3, -0.25) is 4.79 Å². The third-order valence-corrected chi connectivity index (χ3v) is 1.45. The molecule has 0 aromatic rings. The number of carbonyl (C=O) groups excluding carboxylic acids is 1. The lowest BCUT2D eigenvalue weighted by Crippen LogP contribution is -2.13. The highest BCUT2D eigenvalue weighted by Gasteiger charge is 2.10. The van der Waals surface area contributed by atoms with E-state index in [9.17, 15) is 4.79 Å². The van der Waals surface area contributed by atoms with Crippen molar-refractivity contribution in [2.45, 2.75) is 27.2 Å². The Morgan fingerprint density at radius 3 is 2.30 bits per heavy atom. The molecule has 58 valence electrons. The summed E-state index contributed by atoms with van der Waals surface area (Å²) in [5, 5.41) is 6.71. The Balaban J connectivity index is 3.72. The molecule has 0 radical (unpaired) electrons. The van der Waals surface area contributed by atoms with Crippen molar-refractivity contribution in [3.05, 3.63) is 0 Å². The Morgan fingerprint density at radius 2 is 2.00 bits per heavy atom. The van der Waals surface area contributed by atoms with Gasteiger partial charge in [0, 0.05) is 5.92 Å². The maximum atomic E-state index is 10.8. The molecule has 0 saturated carbocycles. The average Bonchev–Trinajstić information content (AvgIpc) is 1.85. The molecule has 2 heteroatoms. The molecule has 1 atom stereocenters. The summed E-state index contributed by atoms with van der Waals surface area (Å²) in [5.74, 6) is 0.505. The number of carbonyl (C=O) groups is 1. The van der Waals surface area contributed by atoms with Gasteiger partial charge >= 0.3 is 0 Å². The van der Waals surface area contributed by atoms with Gasteiger partial charge in [0.1, 0.15) is 0 Å². The van der Waals surface area contributed by atoms with Crippen molar-refractivity contribution in [3.63, 3.8) is 0 Å². The summed E-state index contributed by atoms with van der Waals surface area (Å²) in [5.41, 5.74) is 0. The lowest BCUT2D eigenvalue weighted by Gasteiger charge is -2.08. The van der Waals surface area contributed by atoms with Crippen LogP contribution in [0.3, 0.4) is 0 Å². The second-order valence-electron chi connectivity index (χ2n) is 3.08. The summed E-state index contributed by atoms with van der Waals surface area (Å²) in [6.07, 6.45) is 1.79. The van der Waals surface area contributed by atoms with Gasteiger partial charge in [-0.25, -0.2) is 0 Å². The molecule has 0 aliphatic heterocycles. The standard InChI is InChI=1S/C8H15NO/c1-6(2)4-7(3)8(10)5-9/h5-7,9H,4H2,1-3H3/t7-/m0/s1. The SMILES string of the molecule is CC(C)C[C@H](C)C(=O)C=N. The third kappa shape index (κ3) is 3.38. The van der Waals surface area contributed by atoms with Crippen molar-refractivity contribution in [1.29, 1.82) is 5.41 Å². The Kier molecular flexibility index (Phi) is 3.93. The van der Waals surface area contributed by atoms with E-state index in [0.717, 1.165) is 12.6 Å². The van der Waals surface area contributed by atoms with Gasteiger partial charge in [0.2, 0.25) is 0 Å². The van der Waals surface area contributed by atoms with Gasteiger partial charge in [-0.15, -0.1) is 0 Å². The van der Waals surface area contributed by atoms with Gasteiger partial charge in [0.25, 0.3) is 0 Å². The molecule has 10 heavy (non-hydrogen) atoms. The summed E-state index contributed by atoms with van der Waals surface area (Å²) in [4.78, 5) is 10.8. The van der Waals surface area contributed by atoms with Crippen molar-refractivity contribution in [2.75, 3.05) is 0 Å². The van der Waals surface area contributed by atoms with E-state index < -0.39 is 0 Å². The van der Waals surface area contributed by atoms with Crippen LogP contribution in [0.5, 0.6) is 0 Å². The minimum Gasteiger partial charge on any atom is -0.305 e. The van der Waals surface area contributed by atoms with E-state index in [1.165, 1.54) is 0 Å². The summed E-state index contributed by atoms with van der Waals surface area (Å²) in [6.45, 7) is 6.02. The number of rotatable bonds is 4. The van der Waals surface area contributed by atoms with Crippen molar-refractivity contribution in [3.8, 4) is 0 Å². The maximum absolute atomic E-state index is 10.8. The smallest absolute Gasteiger partial charge is 0.175 e. The van der Waals surface area contributed by atoms with E-state index in [4.69, 9.17) is 5.41 Å². The molecule has 0 aliphatic carbocycles. The first-order chi connectivity index (χ1) is 4.57. The first kappa shape index (κ1) is 9.34. The van der Waals surface area contributed by atoms with E-state index in [-0.39, 0.29) is 11.7 Å². The zero-order valence-electron chi connectivity index (χ0n) is 6.85. The van der Waals surface area contributed by atoms with Crippen molar-refractivity contribution in [2.24, 2.45) is 11.8 Å². The molecular weight excluding hydrogens is 126 g/mol. The molecule has 2 nitrogen and oxygen atoms in total. The van der Waals surface area contributed by atoms with Crippen LogP contribution >= 0.6 is 0 Å². The number of ketones is 1. The van der Waals surface area contributed by atoms with Gasteiger partial charge in [-0.1, -0.05) is 20.8 Å². The Labute approximate surface area is 62.1 Å². The Bertz CT molecular complexity index is 129. The van der Waals surface area contributed by atoms with Crippen LogP contribution in [-0.2, 0) is 4.79 Å². The van der Waals surface area contributed by atoms with Crippen LogP contribution in [0.1, 0.15) is 27.2 Å². The van der Waals surface area contributed by atoms with Crippen LogP contribution in [0.4, 0.5) is 0 Å². The van der Waals surface area contributed by atoms with E-state index in [1.807, 2.05) is 6.92 Å². The highest BCUT2D eigenvalue weighted by molar-refractivity contribution is 6.27. The molecule has 0 rings (SSSR count). The fourth-order valence-electron chi connectivity index (χ4n) is 0.966. The predicted octanol–water partition coefficient (Wildman–Crippen LogP) is 1.89. The van der Waals surface area contributed by atoms with E-state index in [0.29, 0.717) is 5.92 Å². The fraction of sp³-hybridized carbons (Fsp3) is 0.750. The third-order valence-electron chi connectivity index (χ3n) is 1.45. The van der Waals surface area contributed by atoms with Crippen LogP contribution < -0.4 is 0 Å². The Hall–Kier alpha value is -0.660. The first-order valence-corrected chi connectivity index (χ1v) is 3.62. The van der Waals surface area contributed by atoms with Gasteiger partial charge in [-0.2, -0.15) is 0 Å². The van der Waals surface area contributed by atoms with Gasteiger partial charge in [-0.05, 0) is 12.3 Å². The zero-order valence-corrected chi connectivity index (χ0v) is 6.85. The van der Waals surface area contributed by atoms with Crippen LogP contribution in [0.15, 0.2) is 0 Å². The molecule has 0 aliphatic rings. The monoisotopic (exact) mass is 141 g/mol. The number of Topliss-reactive ketones (excluding diaryl/α,β-unsaturated/α-hetero) is 1. The molecule has 0 unspecified atom stereocenters. The summed E-state index contributed by atoms with van der Waals surface area (Å²) in [7, 11) is 0. The molecule has 1 N–H and O–H groups in total. The van der Waals surface area contributed by atoms with Gasteiger partial charge in [0.05, 0.1) is 6.21 Å². The topological polar surface area (TPSA) is 40.9 Å². The van der Waals surface area contributed by atoms with E-state index in [1.54, 1.807) is 0 Å².